The van der Waals surface area contributed by atoms with Gasteiger partial charge in [0.25, 0.3) is 0 Å². The van der Waals surface area contributed by atoms with Crippen LogP contribution in [0.25, 0.3) is 16.9 Å². The van der Waals surface area contributed by atoms with Crippen LogP contribution in [0.4, 0.5) is 13.2 Å². The standard InChI is InChI=1S/C15H8F3N5/c16-15(17,18)11-2-1-3-12(8-11)23-14(13(9-19)21-22-23)10-4-6-20-7-5-10/h1-8H. The van der Waals surface area contributed by atoms with E-state index in [0.29, 0.717) is 11.3 Å². The summed E-state index contributed by atoms with van der Waals surface area (Å²) in [6.07, 6.45) is -1.44. The van der Waals surface area contributed by atoms with Crippen molar-refractivity contribution in [1.82, 2.24) is 20.0 Å². The molecule has 8 heteroatoms. The minimum Gasteiger partial charge on any atom is -0.265 e. The zero-order valence-electron chi connectivity index (χ0n) is 11.5. The van der Waals surface area contributed by atoms with Crippen LogP contribution in [-0.2, 0) is 6.18 Å². The second-order valence-corrected chi connectivity index (χ2v) is 4.59. The van der Waals surface area contributed by atoms with Gasteiger partial charge in [0.1, 0.15) is 11.8 Å². The van der Waals surface area contributed by atoms with Gasteiger partial charge in [-0.15, -0.1) is 5.10 Å². The Bertz CT molecular complexity index is 878. The van der Waals surface area contributed by atoms with Crippen LogP contribution < -0.4 is 0 Å². The molecule has 0 aliphatic carbocycles. The summed E-state index contributed by atoms with van der Waals surface area (Å²) in [5.74, 6) is 0. The quantitative estimate of drug-likeness (QED) is 0.728. The Kier molecular flexibility index (Phi) is 3.54. The van der Waals surface area contributed by atoms with E-state index in [2.05, 4.69) is 15.3 Å². The SMILES string of the molecule is N#Cc1nnn(-c2cccc(C(F)(F)F)c2)c1-c1ccncc1. The lowest BCUT2D eigenvalue weighted by Gasteiger charge is -2.10. The van der Waals surface area contributed by atoms with Crippen molar-refractivity contribution in [3.63, 3.8) is 0 Å². The molecule has 0 fully saturated rings. The summed E-state index contributed by atoms with van der Waals surface area (Å²) in [4.78, 5) is 3.88. The molecule has 0 N–H and O–H groups in total. The molecule has 2 heterocycles. The Morgan fingerprint density at radius 3 is 2.48 bits per heavy atom. The Labute approximate surface area is 128 Å². The van der Waals surface area contributed by atoms with Crippen LogP contribution in [0.2, 0.25) is 0 Å². The number of benzene rings is 1. The topological polar surface area (TPSA) is 67.4 Å². The molecule has 0 bridgehead atoms. The summed E-state index contributed by atoms with van der Waals surface area (Å²) >= 11 is 0. The average molecular weight is 315 g/mol. The van der Waals surface area contributed by atoms with Gasteiger partial charge in [0.05, 0.1) is 11.3 Å². The summed E-state index contributed by atoms with van der Waals surface area (Å²) in [5.41, 5.74) is 0.284. The summed E-state index contributed by atoms with van der Waals surface area (Å²) in [5, 5.41) is 16.7. The molecule has 1 aromatic carbocycles. The van der Waals surface area contributed by atoms with Gasteiger partial charge in [0.2, 0.25) is 0 Å². The maximum absolute atomic E-state index is 12.9. The highest BCUT2D eigenvalue weighted by Gasteiger charge is 2.31. The Morgan fingerprint density at radius 1 is 1.09 bits per heavy atom. The normalized spacial score (nSPS) is 11.2. The molecule has 0 saturated carbocycles. The van der Waals surface area contributed by atoms with Crippen molar-refractivity contribution in [2.45, 2.75) is 6.18 Å². The molecule has 3 aromatic rings. The molecule has 0 aliphatic rings. The first kappa shape index (κ1) is 14.7. The molecule has 0 atom stereocenters. The largest absolute Gasteiger partial charge is 0.416 e. The molecule has 2 aromatic heterocycles. The average Bonchev–Trinajstić information content (AvgIpc) is 2.99. The van der Waals surface area contributed by atoms with Crippen LogP contribution in [-0.4, -0.2) is 20.0 Å². The molecule has 0 amide bonds. The van der Waals surface area contributed by atoms with E-state index in [-0.39, 0.29) is 11.4 Å². The summed E-state index contributed by atoms with van der Waals surface area (Å²) in [6, 6.07) is 9.83. The van der Waals surface area contributed by atoms with E-state index < -0.39 is 11.7 Å². The highest BCUT2D eigenvalue weighted by atomic mass is 19.4. The van der Waals surface area contributed by atoms with E-state index in [9.17, 15) is 13.2 Å². The van der Waals surface area contributed by atoms with Crippen molar-refractivity contribution in [1.29, 1.82) is 5.26 Å². The van der Waals surface area contributed by atoms with Crippen LogP contribution in [0.3, 0.4) is 0 Å². The van der Waals surface area contributed by atoms with Gasteiger partial charge in [0, 0.05) is 18.0 Å². The number of nitriles is 1. The van der Waals surface area contributed by atoms with E-state index in [4.69, 9.17) is 5.26 Å². The first-order valence-corrected chi connectivity index (χ1v) is 6.44. The van der Waals surface area contributed by atoms with Crippen molar-refractivity contribution in [2.75, 3.05) is 0 Å². The van der Waals surface area contributed by atoms with E-state index in [1.807, 2.05) is 6.07 Å². The van der Waals surface area contributed by atoms with Gasteiger partial charge < -0.3 is 0 Å². The third-order valence-electron chi connectivity index (χ3n) is 3.15. The molecular formula is C15H8F3N5. The van der Waals surface area contributed by atoms with E-state index in [1.54, 1.807) is 12.1 Å². The smallest absolute Gasteiger partial charge is 0.265 e. The first-order valence-electron chi connectivity index (χ1n) is 6.44. The molecule has 0 radical (unpaired) electrons. The van der Waals surface area contributed by atoms with Gasteiger partial charge in [0.15, 0.2) is 5.69 Å². The van der Waals surface area contributed by atoms with Gasteiger partial charge >= 0.3 is 6.18 Å². The number of halogens is 3. The monoisotopic (exact) mass is 315 g/mol. The molecule has 0 spiro atoms. The number of aromatic nitrogens is 4. The third kappa shape index (κ3) is 2.76. The summed E-state index contributed by atoms with van der Waals surface area (Å²) in [6.45, 7) is 0. The lowest BCUT2D eigenvalue weighted by molar-refractivity contribution is -0.137. The lowest BCUT2D eigenvalue weighted by Crippen LogP contribution is -2.07. The molecule has 3 rings (SSSR count). The third-order valence-corrected chi connectivity index (χ3v) is 3.15. The zero-order chi connectivity index (χ0) is 16.4. The second-order valence-electron chi connectivity index (χ2n) is 4.59. The number of nitrogens with zero attached hydrogens (tertiary/aromatic N) is 5. The van der Waals surface area contributed by atoms with E-state index >= 15 is 0 Å². The molecular weight excluding hydrogens is 307 g/mol. The maximum atomic E-state index is 12.9. The zero-order valence-corrected chi connectivity index (χ0v) is 11.5. The molecule has 0 aliphatic heterocycles. The Morgan fingerprint density at radius 2 is 1.83 bits per heavy atom. The van der Waals surface area contributed by atoms with Crippen LogP contribution in [0.5, 0.6) is 0 Å². The van der Waals surface area contributed by atoms with Gasteiger partial charge in [-0.1, -0.05) is 11.3 Å². The van der Waals surface area contributed by atoms with Crippen molar-refractivity contribution in [2.24, 2.45) is 0 Å². The molecule has 114 valence electrons. The van der Waals surface area contributed by atoms with Crippen molar-refractivity contribution < 1.29 is 13.2 Å². The van der Waals surface area contributed by atoms with Crippen molar-refractivity contribution in [3.05, 3.63) is 60.0 Å². The first-order chi connectivity index (χ1) is 11.0. The summed E-state index contributed by atoms with van der Waals surface area (Å²) < 4.78 is 39.8. The van der Waals surface area contributed by atoms with Crippen LogP contribution >= 0.6 is 0 Å². The van der Waals surface area contributed by atoms with Gasteiger partial charge in [-0.05, 0) is 30.3 Å². The minimum absolute atomic E-state index is 0.0219. The van der Waals surface area contributed by atoms with E-state index in [0.717, 1.165) is 12.1 Å². The van der Waals surface area contributed by atoms with Crippen molar-refractivity contribution in [3.8, 4) is 23.0 Å². The fourth-order valence-electron chi connectivity index (χ4n) is 2.12. The predicted octanol–water partition coefficient (Wildman–Crippen LogP) is 3.22. The highest BCUT2D eigenvalue weighted by molar-refractivity contribution is 5.66. The number of hydrogen-bond donors (Lipinski definition) is 0. The minimum atomic E-state index is -4.47. The van der Waals surface area contributed by atoms with Crippen LogP contribution in [0.1, 0.15) is 11.3 Å². The van der Waals surface area contributed by atoms with Crippen LogP contribution in [0.15, 0.2) is 48.8 Å². The maximum Gasteiger partial charge on any atom is 0.416 e. The van der Waals surface area contributed by atoms with Crippen molar-refractivity contribution >= 4 is 0 Å². The fraction of sp³-hybridized carbons (Fsp3) is 0.0667. The number of alkyl halides is 3. The number of hydrogen-bond acceptors (Lipinski definition) is 4. The van der Waals surface area contributed by atoms with Gasteiger partial charge in [-0.2, -0.15) is 18.4 Å². The highest BCUT2D eigenvalue weighted by Crippen LogP contribution is 2.31. The van der Waals surface area contributed by atoms with Gasteiger partial charge in [-0.3, -0.25) is 4.98 Å². The number of pyridine rings is 1. The summed E-state index contributed by atoms with van der Waals surface area (Å²) in [7, 11) is 0. The molecule has 23 heavy (non-hydrogen) atoms. The predicted molar refractivity (Wildman–Crippen MR) is 74.3 cm³/mol. The molecule has 0 unspecified atom stereocenters. The van der Waals surface area contributed by atoms with Gasteiger partial charge in [-0.25, -0.2) is 4.68 Å². The van der Waals surface area contributed by atoms with E-state index in [1.165, 1.54) is 29.2 Å². The Hall–Kier alpha value is -3.21. The molecule has 5 nitrogen and oxygen atoms in total. The van der Waals surface area contributed by atoms with Crippen LogP contribution in [0, 0.1) is 11.3 Å². The molecule has 0 saturated heterocycles. The second kappa shape index (κ2) is 5.53. The Balaban J connectivity index is 2.19. The number of rotatable bonds is 2. The lowest BCUT2D eigenvalue weighted by atomic mass is 10.1. The fourth-order valence-corrected chi connectivity index (χ4v) is 2.12.